The molecule has 0 aromatic carbocycles. The van der Waals surface area contributed by atoms with Crippen molar-refractivity contribution in [1.29, 1.82) is 0 Å². The average molecular weight is 264 g/mol. The van der Waals surface area contributed by atoms with Gasteiger partial charge in [-0.05, 0) is 32.6 Å². The second-order valence-corrected chi connectivity index (χ2v) is 5.71. The van der Waals surface area contributed by atoms with Gasteiger partial charge >= 0.3 is 0 Å². The summed E-state index contributed by atoms with van der Waals surface area (Å²) in [5.41, 5.74) is 0. The minimum atomic E-state index is 0.280. The highest BCUT2D eigenvalue weighted by Crippen LogP contribution is 2.20. The number of fused-ring (bicyclic) bond motifs is 1. The highest BCUT2D eigenvalue weighted by Gasteiger charge is 2.22. The zero-order valence-corrected chi connectivity index (χ0v) is 11.8. The lowest BCUT2D eigenvalue weighted by atomic mass is 10.1. The molecule has 0 radical (unpaired) electrons. The summed E-state index contributed by atoms with van der Waals surface area (Å²) in [5.74, 6) is 2.29. The van der Waals surface area contributed by atoms with Crippen LogP contribution in [0.1, 0.15) is 56.7 Å². The summed E-state index contributed by atoms with van der Waals surface area (Å²) in [6, 6.07) is 0.838. The van der Waals surface area contributed by atoms with E-state index in [1.54, 1.807) is 0 Å². The molecule has 1 aromatic heterocycles. The zero-order chi connectivity index (χ0) is 13.1. The van der Waals surface area contributed by atoms with Crippen molar-refractivity contribution in [2.45, 2.75) is 64.1 Å². The first-order chi connectivity index (χ1) is 9.34. The first kappa shape index (κ1) is 13.1. The number of ether oxygens (including phenoxy) is 1. The Bertz CT molecular complexity index is 412. The third kappa shape index (κ3) is 2.98. The first-order valence-electron chi connectivity index (χ1n) is 7.60. The van der Waals surface area contributed by atoms with Gasteiger partial charge in [0.25, 0.3) is 0 Å². The summed E-state index contributed by atoms with van der Waals surface area (Å²) in [6.07, 6.45) is 7.10. The van der Waals surface area contributed by atoms with Crippen LogP contribution in [0.4, 0.5) is 0 Å². The fraction of sp³-hybridized carbons (Fsp3) is 0.857. The van der Waals surface area contributed by atoms with Crippen molar-refractivity contribution in [3.63, 3.8) is 0 Å². The molecule has 5 nitrogen and oxygen atoms in total. The van der Waals surface area contributed by atoms with Crippen molar-refractivity contribution in [2.24, 2.45) is 0 Å². The van der Waals surface area contributed by atoms with E-state index in [0.717, 1.165) is 44.8 Å². The van der Waals surface area contributed by atoms with Crippen LogP contribution in [0.25, 0.3) is 0 Å². The van der Waals surface area contributed by atoms with Crippen molar-refractivity contribution in [2.75, 3.05) is 13.2 Å². The predicted molar refractivity (Wildman–Crippen MR) is 73.0 cm³/mol. The average Bonchev–Trinajstić information content (AvgIpc) is 2.69. The molecular weight excluding hydrogens is 240 g/mol. The third-order valence-electron chi connectivity index (χ3n) is 4.23. The number of aryl methyl sites for hydroxylation is 1. The Morgan fingerprint density at radius 2 is 2.05 bits per heavy atom. The Morgan fingerprint density at radius 3 is 2.89 bits per heavy atom. The first-order valence-corrected chi connectivity index (χ1v) is 7.60. The van der Waals surface area contributed by atoms with Gasteiger partial charge in [0.15, 0.2) is 0 Å². The highest BCUT2D eigenvalue weighted by molar-refractivity contribution is 5.02. The van der Waals surface area contributed by atoms with E-state index in [4.69, 9.17) is 4.74 Å². The van der Waals surface area contributed by atoms with E-state index in [1.807, 2.05) is 0 Å². The molecule has 1 atom stereocenters. The van der Waals surface area contributed by atoms with Gasteiger partial charge in [-0.15, -0.1) is 10.2 Å². The van der Waals surface area contributed by atoms with Crippen molar-refractivity contribution >= 4 is 0 Å². The van der Waals surface area contributed by atoms with Gasteiger partial charge in [0.2, 0.25) is 0 Å². The van der Waals surface area contributed by atoms with Gasteiger partial charge in [0, 0.05) is 32.2 Å². The normalized spacial score (nSPS) is 22.8. The third-order valence-corrected chi connectivity index (χ3v) is 4.23. The molecule has 106 valence electrons. The smallest absolute Gasteiger partial charge is 0.149 e. The molecule has 1 saturated heterocycles. The maximum absolute atomic E-state index is 5.41. The maximum atomic E-state index is 5.41. The Balaban J connectivity index is 1.68. The highest BCUT2D eigenvalue weighted by atomic mass is 16.5. The summed E-state index contributed by atoms with van der Waals surface area (Å²) in [4.78, 5) is 0. The number of aromatic nitrogens is 3. The summed E-state index contributed by atoms with van der Waals surface area (Å²) < 4.78 is 7.74. The van der Waals surface area contributed by atoms with Gasteiger partial charge in [-0.2, -0.15) is 0 Å². The maximum Gasteiger partial charge on any atom is 0.149 e. The quantitative estimate of drug-likeness (QED) is 0.905. The van der Waals surface area contributed by atoms with Crippen LogP contribution in [0.2, 0.25) is 0 Å². The molecule has 1 aromatic rings. The molecule has 0 spiro atoms. The van der Waals surface area contributed by atoms with Crippen LogP contribution >= 0.6 is 0 Å². The summed E-state index contributed by atoms with van der Waals surface area (Å²) in [7, 11) is 0. The summed E-state index contributed by atoms with van der Waals surface area (Å²) in [6.45, 7) is 5.04. The second kappa shape index (κ2) is 6.01. The van der Waals surface area contributed by atoms with Crippen LogP contribution in [0.3, 0.4) is 0 Å². The van der Waals surface area contributed by atoms with Gasteiger partial charge in [-0.25, -0.2) is 0 Å². The minimum Gasteiger partial charge on any atom is -0.381 e. The van der Waals surface area contributed by atoms with Crippen LogP contribution in [-0.4, -0.2) is 34.0 Å². The SMILES string of the molecule is CC(NC1CCOCC1)c1nnc2n1CCCCC2. The monoisotopic (exact) mass is 264 g/mol. The molecule has 1 N–H and O–H groups in total. The van der Waals surface area contributed by atoms with Gasteiger partial charge in [-0.1, -0.05) is 6.42 Å². The number of nitrogens with one attached hydrogen (secondary N) is 1. The van der Waals surface area contributed by atoms with Crippen LogP contribution in [0.5, 0.6) is 0 Å². The van der Waals surface area contributed by atoms with Gasteiger partial charge in [-0.3, -0.25) is 0 Å². The molecule has 0 bridgehead atoms. The molecule has 5 heteroatoms. The number of hydrogen-bond acceptors (Lipinski definition) is 4. The number of hydrogen-bond donors (Lipinski definition) is 1. The predicted octanol–water partition coefficient (Wildman–Crippen LogP) is 1.83. The number of nitrogens with zero attached hydrogens (tertiary/aromatic N) is 3. The van der Waals surface area contributed by atoms with E-state index in [0.29, 0.717) is 6.04 Å². The molecule has 3 rings (SSSR count). The Kier molecular flexibility index (Phi) is 4.13. The second-order valence-electron chi connectivity index (χ2n) is 5.71. The molecule has 0 saturated carbocycles. The topological polar surface area (TPSA) is 52.0 Å². The van der Waals surface area contributed by atoms with Crippen molar-refractivity contribution in [3.05, 3.63) is 11.6 Å². The van der Waals surface area contributed by atoms with Crippen molar-refractivity contribution < 1.29 is 4.74 Å². The van der Waals surface area contributed by atoms with Crippen LogP contribution in [0.15, 0.2) is 0 Å². The molecule has 0 amide bonds. The Hall–Kier alpha value is -0.940. The van der Waals surface area contributed by atoms with E-state index in [9.17, 15) is 0 Å². The fourth-order valence-electron chi connectivity index (χ4n) is 3.12. The molecule has 19 heavy (non-hydrogen) atoms. The summed E-state index contributed by atoms with van der Waals surface area (Å²) >= 11 is 0. The lowest BCUT2D eigenvalue weighted by Crippen LogP contribution is -2.37. The Labute approximate surface area is 114 Å². The van der Waals surface area contributed by atoms with Crippen molar-refractivity contribution in [3.8, 4) is 0 Å². The zero-order valence-electron chi connectivity index (χ0n) is 11.8. The van der Waals surface area contributed by atoms with E-state index in [-0.39, 0.29) is 6.04 Å². The molecule has 1 fully saturated rings. The number of rotatable bonds is 3. The van der Waals surface area contributed by atoms with E-state index < -0.39 is 0 Å². The minimum absolute atomic E-state index is 0.280. The van der Waals surface area contributed by atoms with Gasteiger partial charge < -0.3 is 14.6 Å². The standard InChI is InChI=1S/C14H24N4O/c1-11(15-12-6-9-19-10-7-12)14-17-16-13-5-3-2-4-8-18(13)14/h11-12,15H,2-10H2,1H3. The molecule has 0 aliphatic carbocycles. The fourth-order valence-corrected chi connectivity index (χ4v) is 3.12. The molecular formula is C14H24N4O. The van der Waals surface area contributed by atoms with Crippen LogP contribution < -0.4 is 5.32 Å². The van der Waals surface area contributed by atoms with E-state index in [1.165, 1.54) is 25.1 Å². The molecule has 1 unspecified atom stereocenters. The van der Waals surface area contributed by atoms with Crippen LogP contribution in [-0.2, 0) is 17.7 Å². The van der Waals surface area contributed by atoms with Crippen molar-refractivity contribution in [1.82, 2.24) is 20.1 Å². The largest absolute Gasteiger partial charge is 0.381 e. The molecule has 2 aliphatic rings. The molecule has 3 heterocycles. The van der Waals surface area contributed by atoms with E-state index in [2.05, 4.69) is 27.0 Å². The lowest BCUT2D eigenvalue weighted by Gasteiger charge is -2.26. The van der Waals surface area contributed by atoms with Crippen LogP contribution in [0, 0.1) is 0 Å². The summed E-state index contributed by atoms with van der Waals surface area (Å²) in [5, 5.41) is 12.5. The van der Waals surface area contributed by atoms with E-state index >= 15 is 0 Å². The lowest BCUT2D eigenvalue weighted by molar-refractivity contribution is 0.0750. The van der Waals surface area contributed by atoms with Gasteiger partial charge in [0.1, 0.15) is 11.6 Å². The Morgan fingerprint density at radius 1 is 1.21 bits per heavy atom. The molecule has 2 aliphatic heterocycles. The van der Waals surface area contributed by atoms with Gasteiger partial charge in [0.05, 0.1) is 6.04 Å².